The number of hydrogen-bond donors (Lipinski definition) is 1. The highest BCUT2D eigenvalue weighted by atomic mass is 79.9. The van der Waals surface area contributed by atoms with Gasteiger partial charge >= 0.3 is 0 Å². The third-order valence-corrected chi connectivity index (χ3v) is 3.58. The van der Waals surface area contributed by atoms with Gasteiger partial charge in [0.15, 0.2) is 0 Å². The number of nitrogens with one attached hydrogen (secondary N) is 1. The van der Waals surface area contributed by atoms with Gasteiger partial charge in [-0.1, -0.05) is 6.07 Å². The van der Waals surface area contributed by atoms with Gasteiger partial charge in [-0.15, -0.1) is 0 Å². The monoisotopic (exact) mass is 279 g/mol. The molecule has 1 aromatic heterocycles. The van der Waals surface area contributed by atoms with Crippen LogP contribution in [0.1, 0.15) is 6.04 Å². The van der Waals surface area contributed by atoms with E-state index in [-0.39, 0.29) is 11.6 Å². The molecule has 1 saturated heterocycles. The molecule has 2 aromatic rings. The molecule has 0 spiro atoms. The first-order valence-electron chi connectivity index (χ1n) is 5.13. The molecule has 0 aliphatic carbocycles. The summed E-state index contributed by atoms with van der Waals surface area (Å²) in [5.74, 6) is 0. The van der Waals surface area contributed by atoms with E-state index in [0.29, 0.717) is 5.39 Å². The molecule has 1 aliphatic heterocycles. The molecule has 5 heteroatoms. The van der Waals surface area contributed by atoms with Crippen LogP contribution in [0.4, 0.5) is 0 Å². The van der Waals surface area contributed by atoms with Crippen LogP contribution in [0.3, 0.4) is 0 Å². The Morgan fingerprint density at radius 3 is 2.94 bits per heavy atom. The molecule has 1 aromatic carbocycles. The molecule has 1 fully saturated rings. The van der Waals surface area contributed by atoms with Gasteiger partial charge in [-0.25, -0.2) is 4.98 Å². The van der Waals surface area contributed by atoms with Gasteiger partial charge in [0, 0.05) is 17.6 Å². The molecule has 82 valence electrons. The molecule has 0 atom stereocenters. The van der Waals surface area contributed by atoms with Crippen molar-refractivity contribution in [1.82, 2.24) is 14.9 Å². The average molecular weight is 280 g/mol. The first-order valence-corrected chi connectivity index (χ1v) is 5.93. The zero-order valence-corrected chi connectivity index (χ0v) is 10.1. The molecule has 16 heavy (non-hydrogen) atoms. The van der Waals surface area contributed by atoms with Gasteiger partial charge in [0.2, 0.25) is 0 Å². The second-order valence-corrected chi connectivity index (χ2v) is 4.76. The number of halogens is 1. The van der Waals surface area contributed by atoms with Crippen molar-refractivity contribution in [3.05, 3.63) is 39.4 Å². The van der Waals surface area contributed by atoms with E-state index in [9.17, 15) is 4.79 Å². The molecule has 0 bridgehead atoms. The number of benzene rings is 1. The Morgan fingerprint density at radius 1 is 1.44 bits per heavy atom. The van der Waals surface area contributed by atoms with Crippen LogP contribution in [0, 0.1) is 0 Å². The maximum atomic E-state index is 12.2. The van der Waals surface area contributed by atoms with E-state index < -0.39 is 0 Å². The number of rotatable bonds is 1. The average Bonchev–Trinajstić information content (AvgIpc) is 2.19. The fourth-order valence-corrected chi connectivity index (χ4v) is 2.39. The van der Waals surface area contributed by atoms with E-state index in [0.717, 1.165) is 23.1 Å². The van der Waals surface area contributed by atoms with Crippen LogP contribution in [0.15, 0.2) is 33.8 Å². The lowest BCUT2D eigenvalue weighted by Gasteiger charge is -2.28. The SMILES string of the molecule is O=c1c2c(Br)cccc2ncn1C1CNC1. The molecule has 1 aliphatic rings. The Kier molecular flexibility index (Phi) is 2.29. The summed E-state index contributed by atoms with van der Waals surface area (Å²) >= 11 is 3.40. The van der Waals surface area contributed by atoms with Gasteiger partial charge in [-0.2, -0.15) is 0 Å². The topological polar surface area (TPSA) is 46.9 Å². The maximum Gasteiger partial charge on any atom is 0.262 e. The van der Waals surface area contributed by atoms with E-state index in [1.54, 1.807) is 10.9 Å². The zero-order chi connectivity index (χ0) is 11.1. The largest absolute Gasteiger partial charge is 0.313 e. The van der Waals surface area contributed by atoms with Crippen molar-refractivity contribution >= 4 is 26.8 Å². The number of fused-ring (bicyclic) bond motifs is 1. The summed E-state index contributed by atoms with van der Waals surface area (Å²) < 4.78 is 2.52. The van der Waals surface area contributed by atoms with Crippen LogP contribution < -0.4 is 10.9 Å². The fourth-order valence-electron chi connectivity index (χ4n) is 1.87. The van der Waals surface area contributed by atoms with Gasteiger partial charge in [-0.3, -0.25) is 9.36 Å². The van der Waals surface area contributed by atoms with Crippen molar-refractivity contribution in [2.75, 3.05) is 13.1 Å². The molecule has 0 radical (unpaired) electrons. The number of hydrogen-bond acceptors (Lipinski definition) is 3. The highest BCUT2D eigenvalue weighted by Crippen LogP contribution is 2.19. The molecule has 3 rings (SSSR count). The minimum Gasteiger partial charge on any atom is -0.313 e. The minimum absolute atomic E-state index is 0.0315. The van der Waals surface area contributed by atoms with Crippen molar-refractivity contribution in [3.63, 3.8) is 0 Å². The summed E-state index contributed by atoms with van der Waals surface area (Å²) in [7, 11) is 0. The predicted octanol–water partition coefficient (Wildman–Crippen LogP) is 1.30. The highest BCUT2D eigenvalue weighted by Gasteiger charge is 2.21. The summed E-state index contributed by atoms with van der Waals surface area (Å²) in [5.41, 5.74) is 0.770. The van der Waals surface area contributed by atoms with Gasteiger partial charge in [0.05, 0.1) is 23.3 Å². The van der Waals surface area contributed by atoms with Crippen molar-refractivity contribution < 1.29 is 0 Å². The summed E-state index contributed by atoms with van der Waals surface area (Å²) in [4.78, 5) is 16.6. The van der Waals surface area contributed by atoms with Crippen LogP contribution in [0.2, 0.25) is 0 Å². The summed E-state index contributed by atoms with van der Waals surface area (Å²) in [6.45, 7) is 1.69. The minimum atomic E-state index is 0.0315. The van der Waals surface area contributed by atoms with E-state index in [1.807, 2.05) is 18.2 Å². The molecule has 0 unspecified atom stereocenters. The zero-order valence-electron chi connectivity index (χ0n) is 8.48. The predicted molar refractivity (Wildman–Crippen MR) is 65.6 cm³/mol. The fraction of sp³-hybridized carbons (Fsp3) is 0.273. The van der Waals surface area contributed by atoms with Crippen LogP contribution in [0.25, 0.3) is 10.9 Å². The van der Waals surface area contributed by atoms with Crippen molar-refractivity contribution in [1.29, 1.82) is 0 Å². The Balaban J connectivity index is 2.30. The summed E-state index contributed by atoms with van der Waals surface area (Å²) in [5, 5.41) is 3.81. The second kappa shape index (κ2) is 3.68. The number of nitrogens with zero attached hydrogens (tertiary/aromatic N) is 2. The Bertz CT molecular complexity index is 604. The number of aromatic nitrogens is 2. The van der Waals surface area contributed by atoms with Gasteiger partial charge in [-0.05, 0) is 28.1 Å². The standard InChI is InChI=1S/C11H10BrN3O/c12-8-2-1-3-9-10(8)11(16)15(6-14-9)7-4-13-5-7/h1-3,6-7,13H,4-5H2. The van der Waals surface area contributed by atoms with E-state index >= 15 is 0 Å². The molecule has 0 amide bonds. The first-order chi connectivity index (χ1) is 7.77. The van der Waals surface area contributed by atoms with E-state index in [1.165, 1.54) is 0 Å². The smallest absolute Gasteiger partial charge is 0.262 e. The summed E-state index contributed by atoms with van der Waals surface area (Å²) in [6, 6.07) is 5.85. The second-order valence-electron chi connectivity index (χ2n) is 3.90. The van der Waals surface area contributed by atoms with E-state index in [2.05, 4.69) is 26.2 Å². The van der Waals surface area contributed by atoms with Crippen LogP contribution in [-0.4, -0.2) is 22.6 Å². The lowest BCUT2D eigenvalue weighted by molar-refractivity contribution is 0.334. The maximum absolute atomic E-state index is 12.2. The Labute approximate surface area is 100 Å². The van der Waals surface area contributed by atoms with Crippen LogP contribution in [0.5, 0.6) is 0 Å². The highest BCUT2D eigenvalue weighted by molar-refractivity contribution is 9.10. The Morgan fingerprint density at radius 2 is 2.25 bits per heavy atom. The van der Waals surface area contributed by atoms with Gasteiger partial charge < -0.3 is 5.32 Å². The lowest BCUT2D eigenvalue weighted by Crippen LogP contribution is -2.46. The van der Waals surface area contributed by atoms with Gasteiger partial charge in [0.1, 0.15) is 0 Å². The third-order valence-electron chi connectivity index (χ3n) is 2.91. The summed E-state index contributed by atoms with van der Waals surface area (Å²) in [6.07, 6.45) is 1.64. The lowest BCUT2D eigenvalue weighted by atomic mass is 10.1. The van der Waals surface area contributed by atoms with Crippen molar-refractivity contribution in [2.24, 2.45) is 0 Å². The Hall–Kier alpha value is -1.20. The van der Waals surface area contributed by atoms with Crippen LogP contribution in [-0.2, 0) is 0 Å². The molecule has 4 nitrogen and oxygen atoms in total. The van der Waals surface area contributed by atoms with Crippen LogP contribution >= 0.6 is 15.9 Å². The molecule has 1 N–H and O–H groups in total. The first kappa shape index (κ1) is 9.99. The molecular weight excluding hydrogens is 270 g/mol. The molecular formula is C11H10BrN3O. The van der Waals surface area contributed by atoms with Crippen molar-refractivity contribution in [3.8, 4) is 0 Å². The quantitative estimate of drug-likeness (QED) is 0.856. The molecule has 0 saturated carbocycles. The van der Waals surface area contributed by atoms with E-state index in [4.69, 9.17) is 0 Å². The third kappa shape index (κ3) is 1.39. The van der Waals surface area contributed by atoms with Gasteiger partial charge in [0.25, 0.3) is 5.56 Å². The van der Waals surface area contributed by atoms with Crippen molar-refractivity contribution in [2.45, 2.75) is 6.04 Å². The normalized spacial score (nSPS) is 16.3. The molecule has 2 heterocycles.